The Balaban J connectivity index is 1.64. The summed E-state index contributed by atoms with van der Waals surface area (Å²) in [5.41, 5.74) is 0.987. The van der Waals surface area contributed by atoms with Gasteiger partial charge in [0.1, 0.15) is 4.83 Å². The van der Waals surface area contributed by atoms with E-state index in [0.717, 1.165) is 36.4 Å². The molecule has 0 atom stereocenters. The number of methoxy groups -OCH3 is 1. The summed E-state index contributed by atoms with van der Waals surface area (Å²) < 4.78 is 6.83. The van der Waals surface area contributed by atoms with Crippen LogP contribution in [-0.2, 0) is 16.1 Å². The van der Waals surface area contributed by atoms with Gasteiger partial charge in [-0.3, -0.25) is 14.2 Å². The van der Waals surface area contributed by atoms with Gasteiger partial charge in [-0.1, -0.05) is 42.1 Å². The Morgan fingerprint density at radius 3 is 2.70 bits per heavy atom. The third-order valence-electron chi connectivity index (χ3n) is 5.23. The van der Waals surface area contributed by atoms with Crippen LogP contribution in [0.25, 0.3) is 20.7 Å². The number of nitrogens with zero attached hydrogens (tertiary/aromatic N) is 3. The summed E-state index contributed by atoms with van der Waals surface area (Å²) >= 11 is 2.85. The summed E-state index contributed by atoms with van der Waals surface area (Å²) in [5.74, 6) is 0.408. The Bertz CT molecular complexity index is 1070. The number of ether oxygens (including phenoxy) is 1. The van der Waals surface area contributed by atoms with Gasteiger partial charge in [-0.05, 0) is 30.9 Å². The van der Waals surface area contributed by atoms with E-state index in [2.05, 4.69) is 0 Å². The van der Waals surface area contributed by atoms with Crippen LogP contribution in [0.15, 0.2) is 46.3 Å². The number of rotatable bonds is 7. The lowest BCUT2D eigenvalue weighted by Crippen LogP contribution is -2.37. The van der Waals surface area contributed by atoms with Crippen molar-refractivity contribution in [3.05, 3.63) is 46.8 Å². The van der Waals surface area contributed by atoms with Crippen molar-refractivity contribution in [2.75, 3.05) is 32.6 Å². The molecule has 1 aromatic carbocycles. The van der Waals surface area contributed by atoms with Gasteiger partial charge < -0.3 is 9.64 Å². The molecule has 0 bridgehead atoms. The summed E-state index contributed by atoms with van der Waals surface area (Å²) in [6.07, 6.45) is 3.32. The maximum Gasteiger partial charge on any atom is 0.263 e. The fraction of sp³-hybridized carbons (Fsp3) is 0.409. The molecule has 4 rings (SSSR count). The van der Waals surface area contributed by atoms with Crippen LogP contribution in [0.5, 0.6) is 0 Å². The SMILES string of the molecule is COCCn1c(SCC(=O)N2CCCCC2)nc2sc(-c3ccccc3)cc2c1=O. The number of benzene rings is 1. The van der Waals surface area contributed by atoms with Crippen LogP contribution in [-0.4, -0.2) is 52.9 Å². The lowest BCUT2D eigenvalue weighted by Gasteiger charge is -2.26. The Labute approximate surface area is 183 Å². The van der Waals surface area contributed by atoms with Crippen LogP contribution in [0.2, 0.25) is 0 Å². The second-order valence-electron chi connectivity index (χ2n) is 7.27. The molecule has 158 valence electrons. The van der Waals surface area contributed by atoms with Crippen molar-refractivity contribution >= 4 is 39.2 Å². The lowest BCUT2D eigenvalue weighted by molar-refractivity contribution is -0.129. The Morgan fingerprint density at radius 2 is 1.97 bits per heavy atom. The zero-order valence-electron chi connectivity index (χ0n) is 17.0. The van der Waals surface area contributed by atoms with Crippen LogP contribution < -0.4 is 5.56 Å². The Hall–Kier alpha value is -2.16. The molecule has 0 radical (unpaired) electrons. The molecule has 0 saturated carbocycles. The van der Waals surface area contributed by atoms with Gasteiger partial charge in [-0.15, -0.1) is 11.3 Å². The summed E-state index contributed by atoms with van der Waals surface area (Å²) in [4.78, 5) is 34.2. The smallest absolute Gasteiger partial charge is 0.263 e. The molecule has 0 unspecified atom stereocenters. The second kappa shape index (κ2) is 9.76. The van der Waals surface area contributed by atoms with Crippen molar-refractivity contribution in [3.63, 3.8) is 0 Å². The van der Waals surface area contributed by atoms with Gasteiger partial charge in [0.15, 0.2) is 5.16 Å². The molecular weight excluding hydrogens is 418 g/mol. The molecule has 3 heterocycles. The minimum Gasteiger partial charge on any atom is -0.383 e. The van der Waals surface area contributed by atoms with Crippen LogP contribution >= 0.6 is 23.1 Å². The number of carbonyl (C=O) groups is 1. The van der Waals surface area contributed by atoms with Gasteiger partial charge in [-0.2, -0.15) is 0 Å². The second-order valence-corrected chi connectivity index (χ2v) is 9.24. The number of hydrogen-bond acceptors (Lipinski definition) is 6. The highest BCUT2D eigenvalue weighted by molar-refractivity contribution is 7.99. The standard InChI is InChI=1S/C22H25N3O3S2/c1-28-13-12-25-21(27)17-14-18(16-8-4-2-5-9-16)30-20(17)23-22(25)29-15-19(26)24-10-6-3-7-11-24/h2,4-5,8-9,14H,3,6-7,10-13,15H2,1H3. The summed E-state index contributed by atoms with van der Waals surface area (Å²) in [5, 5.41) is 1.19. The highest BCUT2D eigenvalue weighted by Gasteiger charge is 2.20. The average molecular weight is 444 g/mol. The largest absolute Gasteiger partial charge is 0.383 e. The minimum absolute atomic E-state index is 0.0802. The van der Waals surface area contributed by atoms with Crippen LogP contribution in [0, 0.1) is 0 Å². The number of likely N-dealkylation sites (tertiary alicyclic amines) is 1. The van der Waals surface area contributed by atoms with E-state index in [1.807, 2.05) is 41.3 Å². The van der Waals surface area contributed by atoms with Crippen molar-refractivity contribution in [2.45, 2.75) is 31.0 Å². The first-order chi connectivity index (χ1) is 14.7. The number of hydrogen-bond donors (Lipinski definition) is 0. The highest BCUT2D eigenvalue weighted by atomic mass is 32.2. The minimum atomic E-state index is -0.0802. The average Bonchev–Trinajstić information content (AvgIpc) is 3.23. The molecule has 3 aromatic rings. The molecule has 0 N–H and O–H groups in total. The van der Waals surface area contributed by atoms with E-state index in [-0.39, 0.29) is 11.5 Å². The maximum atomic E-state index is 13.2. The normalized spacial score (nSPS) is 14.4. The van der Waals surface area contributed by atoms with Crippen molar-refractivity contribution in [1.82, 2.24) is 14.5 Å². The molecule has 1 fully saturated rings. The fourth-order valence-corrected chi connectivity index (χ4v) is 5.60. The summed E-state index contributed by atoms with van der Waals surface area (Å²) in [6, 6.07) is 11.9. The van der Waals surface area contributed by atoms with E-state index in [4.69, 9.17) is 9.72 Å². The fourth-order valence-electron chi connectivity index (χ4n) is 3.59. The maximum absolute atomic E-state index is 13.2. The molecular formula is C22H25N3O3S2. The zero-order valence-corrected chi connectivity index (χ0v) is 18.6. The number of aromatic nitrogens is 2. The molecule has 0 aliphatic carbocycles. The lowest BCUT2D eigenvalue weighted by atomic mass is 10.1. The third-order valence-corrected chi connectivity index (χ3v) is 7.27. The predicted octanol–water partition coefficient (Wildman–Crippen LogP) is 3.88. The third kappa shape index (κ3) is 4.61. The molecule has 0 spiro atoms. The molecule has 1 aliphatic rings. The van der Waals surface area contributed by atoms with Gasteiger partial charge >= 0.3 is 0 Å². The quantitative estimate of drug-likeness (QED) is 0.410. The van der Waals surface area contributed by atoms with E-state index in [0.29, 0.717) is 34.3 Å². The number of carbonyl (C=O) groups excluding carboxylic acids is 1. The number of piperidine rings is 1. The molecule has 1 aliphatic heterocycles. The van der Waals surface area contributed by atoms with Gasteiger partial charge in [0.25, 0.3) is 5.56 Å². The predicted molar refractivity (Wildman–Crippen MR) is 122 cm³/mol. The van der Waals surface area contributed by atoms with E-state index >= 15 is 0 Å². The first-order valence-corrected chi connectivity index (χ1v) is 12.0. The summed E-state index contributed by atoms with van der Waals surface area (Å²) in [7, 11) is 1.61. The van der Waals surface area contributed by atoms with Gasteiger partial charge in [0.2, 0.25) is 5.91 Å². The van der Waals surface area contributed by atoms with Crippen molar-refractivity contribution < 1.29 is 9.53 Å². The van der Waals surface area contributed by atoms with E-state index in [1.165, 1.54) is 29.5 Å². The first-order valence-electron chi connectivity index (χ1n) is 10.2. The van der Waals surface area contributed by atoms with Crippen molar-refractivity contribution in [1.29, 1.82) is 0 Å². The number of thiophene rings is 1. The monoisotopic (exact) mass is 443 g/mol. The van der Waals surface area contributed by atoms with Crippen LogP contribution in [0.1, 0.15) is 19.3 Å². The summed E-state index contributed by atoms with van der Waals surface area (Å²) in [6.45, 7) is 2.48. The number of thioether (sulfide) groups is 1. The van der Waals surface area contributed by atoms with Gasteiger partial charge in [0.05, 0.1) is 24.3 Å². The number of amides is 1. The van der Waals surface area contributed by atoms with Gasteiger partial charge in [-0.25, -0.2) is 4.98 Å². The first kappa shape index (κ1) is 21.1. The van der Waals surface area contributed by atoms with E-state index in [9.17, 15) is 9.59 Å². The molecule has 30 heavy (non-hydrogen) atoms. The van der Waals surface area contributed by atoms with Crippen molar-refractivity contribution in [3.8, 4) is 10.4 Å². The highest BCUT2D eigenvalue weighted by Crippen LogP contribution is 2.32. The zero-order chi connectivity index (χ0) is 20.9. The van der Waals surface area contributed by atoms with Crippen LogP contribution in [0.4, 0.5) is 0 Å². The number of fused-ring (bicyclic) bond motifs is 1. The molecule has 1 saturated heterocycles. The van der Waals surface area contributed by atoms with E-state index < -0.39 is 0 Å². The van der Waals surface area contributed by atoms with Crippen LogP contribution in [0.3, 0.4) is 0 Å². The molecule has 1 amide bonds. The van der Waals surface area contributed by atoms with E-state index in [1.54, 1.807) is 11.7 Å². The Morgan fingerprint density at radius 1 is 1.20 bits per heavy atom. The molecule has 6 nitrogen and oxygen atoms in total. The molecule has 2 aromatic heterocycles. The Kier molecular flexibility index (Phi) is 6.86. The van der Waals surface area contributed by atoms with Gasteiger partial charge in [0, 0.05) is 25.1 Å². The topological polar surface area (TPSA) is 64.4 Å². The van der Waals surface area contributed by atoms with Crippen molar-refractivity contribution in [2.24, 2.45) is 0 Å². The molecule has 8 heteroatoms.